The van der Waals surface area contributed by atoms with Crippen LogP contribution in [-0.4, -0.2) is 74.2 Å². The lowest BCUT2D eigenvalue weighted by Crippen LogP contribution is -2.47. The topological polar surface area (TPSA) is 68.3 Å². The predicted molar refractivity (Wildman–Crippen MR) is 90.8 cm³/mol. The van der Waals surface area contributed by atoms with Crippen molar-refractivity contribution in [1.82, 2.24) is 9.80 Å². The van der Waals surface area contributed by atoms with Crippen LogP contribution in [0.3, 0.4) is 0 Å². The molecule has 0 spiro atoms. The van der Waals surface area contributed by atoms with Crippen LogP contribution in [0.5, 0.6) is 0 Å². The average Bonchev–Trinajstić information content (AvgIpc) is 2.54. The zero-order valence-electron chi connectivity index (χ0n) is 13.6. The molecular formula is C16H27N5O. The first-order valence-electron chi connectivity index (χ1n) is 7.80. The van der Waals surface area contributed by atoms with E-state index in [1.165, 1.54) is 18.7 Å². The van der Waals surface area contributed by atoms with Gasteiger partial charge in [0.2, 0.25) is 0 Å². The first kappa shape index (κ1) is 16.6. The molecule has 0 bridgehead atoms. The SMILES string of the molecule is CN(C)CCCN1CCN(c2ccc(C(N)=NO)cc2)CC1. The minimum atomic E-state index is 0.150. The standard InChI is InChI=1S/C16H27N5O/c1-19(2)8-3-9-20-10-12-21(13-11-20)15-6-4-14(5-7-15)16(17)18-22/h4-7,22H,3,8-13H2,1-2H3,(H2,17,18). The molecule has 22 heavy (non-hydrogen) atoms. The second-order valence-electron chi connectivity index (χ2n) is 6.02. The maximum Gasteiger partial charge on any atom is 0.170 e. The van der Waals surface area contributed by atoms with E-state index in [0.717, 1.165) is 38.3 Å². The summed E-state index contributed by atoms with van der Waals surface area (Å²) in [5, 5.41) is 11.7. The summed E-state index contributed by atoms with van der Waals surface area (Å²) in [7, 11) is 4.24. The van der Waals surface area contributed by atoms with Crippen molar-refractivity contribution in [2.45, 2.75) is 6.42 Å². The first-order chi connectivity index (χ1) is 10.6. The lowest BCUT2D eigenvalue weighted by atomic mass is 10.1. The molecule has 0 amide bonds. The van der Waals surface area contributed by atoms with Gasteiger partial charge in [-0.1, -0.05) is 5.16 Å². The maximum atomic E-state index is 8.68. The third-order valence-electron chi connectivity index (χ3n) is 4.09. The Bertz CT molecular complexity index is 478. The Kier molecular flexibility index (Phi) is 6.03. The highest BCUT2D eigenvalue weighted by atomic mass is 16.4. The van der Waals surface area contributed by atoms with Gasteiger partial charge in [0, 0.05) is 37.4 Å². The Morgan fingerprint density at radius 1 is 1.18 bits per heavy atom. The van der Waals surface area contributed by atoms with E-state index in [2.05, 4.69) is 34.0 Å². The van der Waals surface area contributed by atoms with E-state index in [-0.39, 0.29) is 5.84 Å². The van der Waals surface area contributed by atoms with Crippen molar-refractivity contribution >= 4 is 11.5 Å². The number of nitrogens with two attached hydrogens (primary N) is 1. The molecule has 1 heterocycles. The third-order valence-corrected chi connectivity index (χ3v) is 4.09. The van der Waals surface area contributed by atoms with Gasteiger partial charge in [-0.15, -0.1) is 0 Å². The number of anilines is 1. The molecule has 6 nitrogen and oxygen atoms in total. The lowest BCUT2D eigenvalue weighted by molar-refractivity contribution is 0.242. The number of oxime groups is 1. The molecule has 1 aliphatic heterocycles. The van der Waals surface area contributed by atoms with Crippen molar-refractivity contribution in [3.8, 4) is 0 Å². The Morgan fingerprint density at radius 2 is 1.82 bits per heavy atom. The smallest absolute Gasteiger partial charge is 0.170 e. The zero-order chi connectivity index (χ0) is 15.9. The summed E-state index contributed by atoms with van der Waals surface area (Å²) in [5.41, 5.74) is 7.53. The van der Waals surface area contributed by atoms with E-state index in [0.29, 0.717) is 0 Å². The van der Waals surface area contributed by atoms with E-state index < -0.39 is 0 Å². The van der Waals surface area contributed by atoms with Crippen molar-refractivity contribution in [2.75, 3.05) is 58.3 Å². The summed E-state index contributed by atoms with van der Waals surface area (Å²) in [4.78, 5) is 7.16. The van der Waals surface area contributed by atoms with Gasteiger partial charge < -0.3 is 20.7 Å². The molecule has 1 saturated heterocycles. The van der Waals surface area contributed by atoms with Gasteiger partial charge in [-0.3, -0.25) is 4.90 Å². The van der Waals surface area contributed by atoms with Gasteiger partial charge >= 0.3 is 0 Å². The molecule has 1 aromatic carbocycles. The van der Waals surface area contributed by atoms with E-state index in [4.69, 9.17) is 10.9 Å². The van der Waals surface area contributed by atoms with Crippen LogP contribution in [0, 0.1) is 0 Å². The molecule has 0 radical (unpaired) electrons. The van der Waals surface area contributed by atoms with E-state index in [1.54, 1.807) is 0 Å². The molecule has 2 rings (SSSR count). The number of nitrogens with zero attached hydrogens (tertiary/aromatic N) is 4. The Hall–Kier alpha value is -1.79. The molecule has 0 unspecified atom stereocenters. The van der Waals surface area contributed by atoms with Crippen LogP contribution in [0.15, 0.2) is 29.4 Å². The van der Waals surface area contributed by atoms with E-state index >= 15 is 0 Å². The van der Waals surface area contributed by atoms with Crippen LogP contribution in [0.4, 0.5) is 5.69 Å². The van der Waals surface area contributed by atoms with Crippen LogP contribution in [-0.2, 0) is 0 Å². The van der Waals surface area contributed by atoms with Crippen molar-refractivity contribution in [3.05, 3.63) is 29.8 Å². The Balaban J connectivity index is 1.81. The summed E-state index contributed by atoms with van der Waals surface area (Å²) in [6, 6.07) is 7.87. The van der Waals surface area contributed by atoms with Gasteiger partial charge in [0.1, 0.15) is 0 Å². The van der Waals surface area contributed by atoms with Gasteiger partial charge in [-0.25, -0.2) is 0 Å². The molecule has 6 heteroatoms. The molecule has 0 aromatic heterocycles. The van der Waals surface area contributed by atoms with Gasteiger partial charge in [-0.05, 0) is 57.9 Å². The molecule has 1 aliphatic rings. The number of piperazine rings is 1. The van der Waals surface area contributed by atoms with Crippen molar-refractivity contribution in [1.29, 1.82) is 0 Å². The van der Waals surface area contributed by atoms with E-state index in [1.807, 2.05) is 24.3 Å². The fourth-order valence-corrected chi connectivity index (χ4v) is 2.74. The quantitative estimate of drug-likeness (QED) is 0.353. The van der Waals surface area contributed by atoms with Crippen LogP contribution in [0.2, 0.25) is 0 Å². The minimum Gasteiger partial charge on any atom is -0.409 e. The number of rotatable bonds is 6. The van der Waals surface area contributed by atoms with Crippen molar-refractivity contribution < 1.29 is 5.21 Å². The van der Waals surface area contributed by atoms with Gasteiger partial charge in [0.15, 0.2) is 5.84 Å². The normalized spacial score (nSPS) is 17.2. The molecule has 0 aliphatic carbocycles. The summed E-state index contributed by atoms with van der Waals surface area (Å²) in [5.74, 6) is 0.150. The fourth-order valence-electron chi connectivity index (χ4n) is 2.74. The first-order valence-corrected chi connectivity index (χ1v) is 7.80. The van der Waals surface area contributed by atoms with Crippen molar-refractivity contribution in [2.24, 2.45) is 10.9 Å². The highest BCUT2D eigenvalue weighted by Gasteiger charge is 2.16. The van der Waals surface area contributed by atoms with Gasteiger partial charge in [0.05, 0.1) is 0 Å². The zero-order valence-corrected chi connectivity index (χ0v) is 13.6. The Morgan fingerprint density at radius 3 is 2.36 bits per heavy atom. The summed E-state index contributed by atoms with van der Waals surface area (Å²) in [6.45, 7) is 6.63. The average molecular weight is 305 g/mol. The second-order valence-corrected chi connectivity index (χ2v) is 6.02. The summed E-state index contributed by atoms with van der Waals surface area (Å²) in [6.07, 6.45) is 1.22. The third kappa shape index (κ3) is 4.61. The summed E-state index contributed by atoms with van der Waals surface area (Å²) >= 11 is 0. The van der Waals surface area contributed by atoms with Crippen LogP contribution in [0.25, 0.3) is 0 Å². The molecule has 1 fully saturated rings. The molecule has 0 saturated carbocycles. The molecule has 1 aromatic rings. The highest BCUT2D eigenvalue weighted by molar-refractivity contribution is 5.97. The minimum absolute atomic E-state index is 0.150. The number of benzene rings is 1. The summed E-state index contributed by atoms with van der Waals surface area (Å²) < 4.78 is 0. The van der Waals surface area contributed by atoms with Gasteiger partial charge in [0.25, 0.3) is 0 Å². The molecular weight excluding hydrogens is 278 g/mol. The maximum absolute atomic E-state index is 8.68. The fraction of sp³-hybridized carbons (Fsp3) is 0.562. The highest BCUT2D eigenvalue weighted by Crippen LogP contribution is 2.17. The molecule has 0 atom stereocenters. The lowest BCUT2D eigenvalue weighted by Gasteiger charge is -2.36. The Labute approximate surface area is 132 Å². The number of hydrogen-bond donors (Lipinski definition) is 2. The molecule has 3 N–H and O–H groups in total. The molecule has 122 valence electrons. The second kappa shape index (κ2) is 8.00. The number of hydrogen-bond acceptors (Lipinski definition) is 5. The number of amidine groups is 1. The van der Waals surface area contributed by atoms with E-state index in [9.17, 15) is 0 Å². The van der Waals surface area contributed by atoms with Crippen molar-refractivity contribution in [3.63, 3.8) is 0 Å². The van der Waals surface area contributed by atoms with Crippen LogP contribution < -0.4 is 10.6 Å². The largest absolute Gasteiger partial charge is 0.409 e. The van der Waals surface area contributed by atoms with Crippen LogP contribution >= 0.6 is 0 Å². The van der Waals surface area contributed by atoms with Crippen LogP contribution in [0.1, 0.15) is 12.0 Å². The predicted octanol–water partition coefficient (Wildman–Crippen LogP) is 0.855. The van der Waals surface area contributed by atoms with Gasteiger partial charge in [-0.2, -0.15) is 0 Å². The monoisotopic (exact) mass is 305 g/mol.